The molecule has 1 aromatic carbocycles. The average Bonchev–Trinajstić information content (AvgIpc) is 3.38. The summed E-state index contributed by atoms with van der Waals surface area (Å²) >= 11 is 0. The van der Waals surface area contributed by atoms with E-state index in [9.17, 15) is 4.79 Å². The highest BCUT2D eigenvalue weighted by Crippen LogP contribution is 2.24. The fourth-order valence-electron chi connectivity index (χ4n) is 4.19. The van der Waals surface area contributed by atoms with Gasteiger partial charge >= 0.3 is 0 Å². The number of benzene rings is 1. The van der Waals surface area contributed by atoms with E-state index in [4.69, 9.17) is 4.42 Å². The number of nitrogens with zero attached hydrogens (tertiary/aromatic N) is 2. The number of hydrogen-bond acceptors (Lipinski definition) is 4. The molecular formula is C22H31Cl2N3O2. The van der Waals surface area contributed by atoms with Crippen molar-refractivity contribution in [2.45, 2.75) is 38.8 Å². The highest BCUT2D eigenvalue weighted by molar-refractivity contribution is 5.92. The van der Waals surface area contributed by atoms with Gasteiger partial charge in [-0.25, -0.2) is 0 Å². The van der Waals surface area contributed by atoms with Gasteiger partial charge in [0.25, 0.3) is 5.91 Å². The molecule has 1 amide bonds. The Labute approximate surface area is 185 Å². The maximum atomic E-state index is 13.1. The molecule has 0 aliphatic carbocycles. The Balaban J connectivity index is 0.00000150. The molecule has 2 aliphatic heterocycles. The van der Waals surface area contributed by atoms with Crippen molar-refractivity contribution < 1.29 is 9.21 Å². The second-order valence-corrected chi connectivity index (χ2v) is 7.56. The lowest BCUT2D eigenvalue weighted by Crippen LogP contribution is -2.48. The average molecular weight is 440 g/mol. The van der Waals surface area contributed by atoms with Crippen LogP contribution in [0.25, 0.3) is 0 Å². The number of halogens is 2. The van der Waals surface area contributed by atoms with Gasteiger partial charge in [0.2, 0.25) is 0 Å². The minimum Gasteiger partial charge on any atom is -0.456 e. The van der Waals surface area contributed by atoms with Crippen LogP contribution in [0, 0.1) is 0 Å². The molecule has 2 aliphatic rings. The molecule has 160 valence electrons. The highest BCUT2D eigenvalue weighted by atomic mass is 35.5. The Morgan fingerprint density at radius 1 is 1.14 bits per heavy atom. The van der Waals surface area contributed by atoms with Crippen LogP contribution in [0.5, 0.6) is 0 Å². The summed E-state index contributed by atoms with van der Waals surface area (Å²) in [4.78, 5) is 17.5. The molecule has 1 unspecified atom stereocenters. The largest absolute Gasteiger partial charge is 0.456 e. The topological polar surface area (TPSA) is 48.7 Å². The second kappa shape index (κ2) is 11.0. The number of likely N-dealkylation sites (tertiary alicyclic amines) is 1. The molecule has 4 rings (SSSR count). The third kappa shape index (κ3) is 5.54. The van der Waals surface area contributed by atoms with Crippen molar-refractivity contribution in [3.8, 4) is 0 Å². The number of furan rings is 1. The van der Waals surface area contributed by atoms with Gasteiger partial charge in [-0.1, -0.05) is 37.3 Å². The van der Waals surface area contributed by atoms with E-state index in [0.717, 1.165) is 38.4 Å². The molecule has 0 saturated carbocycles. The first kappa shape index (κ1) is 23.7. The van der Waals surface area contributed by atoms with Crippen LogP contribution in [-0.4, -0.2) is 48.4 Å². The van der Waals surface area contributed by atoms with Crippen LogP contribution in [0.4, 0.5) is 0 Å². The number of nitrogens with one attached hydrogen (secondary N) is 1. The Hall–Kier alpha value is -1.53. The quantitative estimate of drug-likeness (QED) is 0.762. The van der Waals surface area contributed by atoms with Crippen molar-refractivity contribution in [2.75, 3.05) is 32.7 Å². The zero-order valence-electron chi connectivity index (χ0n) is 16.9. The lowest BCUT2D eigenvalue weighted by atomic mass is 10.0. The van der Waals surface area contributed by atoms with Crippen LogP contribution in [0.3, 0.4) is 0 Å². The van der Waals surface area contributed by atoms with Crippen molar-refractivity contribution in [3.05, 3.63) is 59.0 Å². The summed E-state index contributed by atoms with van der Waals surface area (Å²) in [5, 5.41) is 3.52. The molecule has 5 nitrogen and oxygen atoms in total. The van der Waals surface area contributed by atoms with Gasteiger partial charge in [0.15, 0.2) is 5.76 Å². The highest BCUT2D eigenvalue weighted by Gasteiger charge is 2.28. The van der Waals surface area contributed by atoms with E-state index in [-0.39, 0.29) is 36.8 Å². The van der Waals surface area contributed by atoms with Crippen LogP contribution in [0.2, 0.25) is 0 Å². The molecule has 2 aromatic rings. The van der Waals surface area contributed by atoms with Gasteiger partial charge in [-0.3, -0.25) is 9.69 Å². The van der Waals surface area contributed by atoms with Crippen LogP contribution < -0.4 is 5.32 Å². The number of amides is 1. The fourth-order valence-corrected chi connectivity index (χ4v) is 4.19. The second-order valence-electron chi connectivity index (χ2n) is 7.56. The number of hydrogen-bond donors (Lipinski definition) is 1. The SMILES string of the molecule is CCc1oc(C(=O)N2CCNC(c3ccccc3)C2)cc1CN1CCCC1.Cl.Cl. The molecule has 3 heterocycles. The van der Waals surface area contributed by atoms with Crippen molar-refractivity contribution in [2.24, 2.45) is 0 Å². The van der Waals surface area contributed by atoms with E-state index < -0.39 is 0 Å². The molecule has 1 N–H and O–H groups in total. The Morgan fingerprint density at radius 2 is 1.86 bits per heavy atom. The number of rotatable bonds is 5. The van der Waals surface area contributed by atoms with Gasteiger partial charge in [0.1, 0.15) is 5.76 Å². The van der Waals surface area contributed by atoms with Crippen LogP contribution in [-0.2, 0) is 13.0 Å². The summed E-state index contributed by atoms with van der Waals surface area (Å²) in [6.45, 7) is 7.47. The van der Waals surface area contributed by atoms with Crippen LogP contribution in [0.1, 0.15) is 53.2 Å². The minimum absolute atomic E-state index is 0. The first-order valence-electron chi connectivity index (χ1n) is 10.2. The summed E-state index contributed by atoms with van der Waals surface area (Å²) < 4.78 is 5.99. The van der Waals surface area contributed by atoms with E-state index in [1.165, 1.54) is 24.0 Å². The van der Waals surface area contributed by atoms with Gasteiger partial charge in [0.05, 0.1) is 0 Å². The number of aryl methyl sites for hydroxylation is 1. The molecule has 1 aromatic heterocycles. The summed E-state index contributed by atoms with van der Waals surface area (Å²) in [6, 6.07) is 12.5. The number of carbonyl (C=O) groups is 1. The molecule has 0 bridgehead atoms. The third-order valence-corrected chi connectivity index (χ3v) is 5.69. The summed E-state index contributed by atoms with van der Waals surface area (Å²) in [5.41, 5.74) is 2.40. The van der Waals surface area contributed by atoms with Gasteiger partial charge < -0.3 is 14.6 Å². The molecule has 1 atom stereocenters. The monoisotopic (exact) mass is 439 g/mol. The standard InChI is InChI=1S/C22H29N3O2.2ClH/c1-2-20-18(15-24-11-6-7-12-24)14-21(27-20)22(26)25-13-10-23-19(16-25)17-8-4-3-5-9-17;;/h3-5,8-9,14,19,23H,2,6-7,10-13,15-16H2,1H3;2*1H. The van der Waals surface area contributed by atoms with E-state index in [0.29, 0.717) is 18.8 Å². The van der Waals surface area contributed by atoms with Crippen molar-refractivity contribution >= 4 is 30.7 Å². The fraction of sp³-hybridized carbons (Fsp3) is 0.500. The minimum atomic E-state index is 0. The molecule has 0 spiro atoms. The Bertz CT molecular complexity index is 776. The number of carbonyl (C=O) groups excluding carboxylic acids is 1. The van der Waals surface area contributed by atoms with Crippen LogP contribution >= 0.6 is 24.8 Å². The number of piperazine rings is 1. The maximum Gasteiger partial charge on any atom is 0.289 e. The zero-order chi connectivity index (χ0) is 18.6. The lowest BCUT2D eigenvalue weighted by molar-refractivity contribution is 0.0669. The van der Waals surface area contributed by atoms with Gasteiger partial charge in [0, 0.05) is 44.2 Å². The van der Waals surface area contributed by atoms with Crippen molar-refractivity contribution in [1.82, 2.24) is 15.1 Å². The van der Waals surface area contributed by atoms with E-state index in [1.807, 2.05) is 29.2 Å². The normalized spacial score (nSPS) is 19.5. The van der Waals surface area contributed by atoms with Crippen molar-refractivity contribution in [3.63, 3.8) is 0 Å². The summed E-state index contributed by atoms with van der Waals surface area (Å²) in [5.74, 6) is 1.47. The Kier molecular flexibility index (Phi) is 9.03. The van der Waals surface area contributed by atoms with Gasteiger partial charge in [-0.2, -0.15) is 0 Å². The van der Waals surface area contributed by atoms with Crippen LogP contribution in [0.15, 0.2) is 40.8 Å². The lowest BCUT2D eigenvalue weighted by Gasteiger charge is -2.33. The third-order valence-electron chi connectivity index (χ3n) is 5.69. The van der Waals surface area contributed by atoms with E-state index in [2.05, 4.69) is 29.3 Å². The molecule has 0 radical (unpaired) electrons. The van der Waals surface area contributed by atoms with Gasteiger partial charge in [-0.15, -0.1) is 24.8 Å². The summed E-state index contributed by atoms with van der Waals surface area (Å²) in [6.07, 6.45) is 3.37. The zero-order valence-corrected chi connectivity index (χ0v) is 18.6. The predicted molar refractivity (Wildman–Crippen MR) is 120 cm³/mol. The Morgan fingerprint density at radius 3 is 2.55 bits per heavy atom. The molecular weight excluding hydrogens is 409 g/mol. The van der Waals surface area contributed by atoms with Crippen molar-refractivity contribution in [1.29, 1.82) is 0 Å². The molecule has 2 saturated heterocycles. The molecule has 7 heteroatoms. The predicted octanol–water partition coefficient (Wildman–Crippen LogP) is 4.07. The van der Waals surface area contributed by atoms with E-state index in [1.54, 1.807) is 0 Å². The smallest absolute Gasteiger partial charge is 0.289 e. The molecule has 29 heavy (non-hydrogen) atoms. The maximum absolute atomic E-state index is 13.1. The van der Waals surface area contributed by atoms with Gasteiger partial charge in [-0.05, 0) is 37.6 Å². The summed E-state index contributed by atoms with van der Waals surface area (Å²) in [7, 11) is 0. The van der Waals surface area contributed by atoms with E-state index >= 15 is 0 Å². The first-order valence-corrected chi connectivity index (χ1v) is 10.2. The molecule has 2 fully saturated rings. The first-order chi connectivity index (χ1) is 13.2.